The molecule has 0 aliphatic rings. The number of alkyl halides is 3. The first-order chi connectivity index (χ1) is 17.6. The molecule has 8 nitrogen and oxygen atoms in total. The third-order valence-corrected chi connectivity index (χ3v) is 8.20. The molecule has 15 heteroatoms. The first-order valence-electron chi connectivity index (χ1n) is 10.8. The van der Waals surface area contributed by atoms with Crippen LogP contribution in [0.5, 0.6) is 5.75 Å². The Morgan fingerprint density at radius 1 is 0.921 bits per heavy atom. The number of esters is 1. The van der Waals surface area contributed by atoms with Crippen LogP contribution in [0.4, 0.5) is 18.9 Å². The molecule has 0 aromatic heterocycles. The van der Waals surface area contributed by atoms with Crippen molar-refractivity contribution in [3.8, 4) is 5.75 Å². The molecule has 3 aromatic rings. The van der Waals surface area contributed by atoms with Gasteiger partial charge in [-0.1, -0.05) is 48.7 Å². The van der Waals surface area contributed by atoms with Crippen LogP contribution in [0.25, 0.3) is 10.8 Å². The third kappa shape index (κ3) is 7.01. The maximum atomic E-state index is 13.6. The normalized spacial score (nSPS) is 12.4. The Morgan fingerprint density at radius 2 is 1.53 bits per heavy atom. The topological polar surface area (TPSA) is 107 Å². The SMILES string of the molecule is CCCCOC(=O)CN(c1ccc2cc(OS(=O)(=O)C(F)(F)F)ccc2c1)S(=O)(=O)c1cc(Cl)cc(Cl)c1. The minimum Gasteiger partial charge on any atom is -0.464 e. The summed E-state index contributed by atoms with van der Waals surface area (Å²) < 4.78 is 97.7. The van der Waals surface area contributed by atoms with Gasteiger partial charge in [-0.2, -0.15) is 21.6 Å². The van der Waals surface area contributed by atoms with Gasteiger partial charge in [-0.15, -0.1) is 0 Å². The molecule has 0 fully saturated rings. The van der Waals surface area contributed by atoms with E-state index in [4.69, 9.17) is 27.9 Å². The maximum Gasteiger partial charge on any atom is 0.534 e. The fourth-order valence-electron chi connectivity index (χ4n) is 3.21. The van der Waals surface area contributed by atoms with Crippen molar-refractivity contribution in [2.24, 2.45) is 0 Å². The number of hydrogen-bond acceptors (Lipinski definition) is 7. The lowest BCUT2D eigenvalue weighted by atomic mass is 10.1. The molecule has 0 saturated carbocycles. The Labute approximate surface area is 227 Å². The standard InChI is InChI=1S/C23H20Cl2F3NO7S2/c1-2-3-8-35-22(30)14-29(37(31,32)21-12-17(24)11-18(25)13-21)19-6-4-16-10-20(7-5-15(16)9-19)36-38(33,34)23(26,27)28/h4-7,9-13H,2-3,8,14H2,1H3. The van der Waals surface area contributed by atoms with Gasteiger partial charge < -0.3 is 8.92 Å². The third-order valence-electron chi connectivity index (χ3n) is 5.03. The van der Waals surface area contributed by atoms with Crippen LogP contribution in [-0.2, 0) is 29.7 Å². The molecule has 0 radical (unpaired) electrons. The molecule has 0 heterocycles. The van der Waals surface area contributed by atoms with Gasteiger partial charge in [-0.3, -0.25) is 9.10 Å². The van der Waals surface area contributed by atoms with Gasteiger partial charge in [0.1, 0.15) is 12.3 Å². The smallest absolute Gasteiger partial charge is 0.464 e. The van der Waals surface area contributed by atoms with E-state index in [-0.39, 0.29) is 32.6 Å². The first kappa shape index (κ1) is 29.8. The summed E-state index contributed by atoms with van der Waals surface area (Å²) >= 11 is 12.0. The number of benzene rings is 3. The Balaban J connectivity index is 2.03. The van der Waals surface area contributed by atoms with Crippen molar-refractivity contribution >= 4 is 65.8 Å². The first-order valence-corrected chi connectivity index (χ1v) is 14.4. The second kappa shape index (κ2) is 11.6. The van der Waals surface area contributed by atoms with Crippen LogP contribution in [0, 0.1) is 0 Å². The molecule has 38 heavy (non-hydrogen) atoms. The second-order valence-corrected chi connectivity index (χ2v) is 12.1. The highest BCUT2D eigenvalue weighted by molar-refractivity contribution is 7.92. The molecular formula is C23H20Cl2F3NO7S2. The van der Waals surface area contributed by atoms with E-state index in [1.807, 2.05) is 6.92 Å². The number of sulfonamides is 1. The van der Waals surface area contributed by atoms with Crippen LogP contribution in [0.1, 0.15) is 19.8 Å². The molecule has 0 amide bonds. The highest BCUT2D eigenvalue weighted by Crippen LogP contribution is 2.33. The van der Waals surface area contributed by atoms with Gasteiger partial charge in [0.05, 0.1) is 17.2 Å². The highest BCUT2D eigenvalue weighted by Gasteiger charge is 2.48. The molecule has 3 aromatic carbocycles. The quantitative estimate of drug-likeness (QED) is 0.121. The summed E-state index contributed by atoms with van der Waals surface area (Å²) in [6, 6.07) is 10.9. The number of anilines is 1. The van der Waals surface area contributed by atoms with E-state index in [9.17, 15) is 34.8 Å². The van der Waals surface area contributed by atoms with E-state index in [1.54, 1.807) is 0 Å². The Kier molecular flexibility index (Phi) is 9.07. The highest BCUT2D eigenvalue weighted by atomic mass is 35.5. The van der Waals surface area contributed by atoms with Crippen molar-refractivity contribution < 1.29 is 43.7 Å². The number of rotatable bonds is 10. The summed E-state index contributed by atoms with van der Waals surface area (Å²) in [5.74, 6) is -1.42. The van der Waals surface area contributed by atoms with Crippen LogP contribution >= 0.6 is 23.2 Å². The summed E-state index contributed by atoms with van der Waals surface area (Å²) in [6.45, 7) is 1.28. The number of nitrogens with zero attached hydrogens (tertiary/aromatic N) is 1. The van der Waals surface area contributed by atoms with Crippen molar-refractivity contribution in [1.82, 2.24) is 0 Å². The van der Waals surface area contributed by atoms with E-state index in [0.29, 0.717) is 11.8 Å². The lowest BCUT2D eigenvalue weighted by Gasteiger charge is -2.24. The monoisotopic (exact) mass is 613 g/mol. The molecule has 0 atom stereocenters. The van der Waals surface area contributed by atoms with Gasteiger partial charge in [0.25, 0.3) is 10.0 Å². The predicted molar refractivity (Wildman–Crippen MR) is 136 cm³/mol. The van der Waals surface area contributed by atoms with Crippen LogP contribution in [0.15, 0.2) is 59.5 Å². The number of halogens is 5. The van der Waals surface area contributed by atoms with E-state index in [2.05, 4.69) is 4.18 Å². The summed E-state index contributed by atoms with van der Waals surface area (Å²) in [6.07, 6.45) is 1.32. The van der Waals surface area contributed by atoms with Crippen LogP contribution in [0.3, 0.4) is 0 Å². The molecule has 0 saturated heterocycles. The summed E-state index contributed by atoms with van der Waals surface area (Å²) in [5, 5.41) is 0.628. The summed E-state index contributed by atoms with van der Waals surface area (Å²) in [7, 11) is -10.3. The zero-order chi connectivity index (χ0) is 28.3. The van der Waals surface area contributed by atoms with Crippen molar-refractivity contribution in [2.45, 2.75) is 30.2 Å². The molecule has 0 spiro atoms. The molecule has 0 unspecified atom stereocenters. The average Bonchev–Trinajstić information content (AvgIpc) is 2.81. The second-order valence-electron chi connectivity index (χ2n) is 7.87. The van der Waals surface area contributed by atoms with Gasteiger partial charge in [-0.25, -0.2) is 8.42 Å². The van der Waals surface area contributed by atoms with Crippen molar-refractivity contribution in [3.05, 3.63) is 64.6 Å². The Morgan fingerprint density at radius 3 is 2.13 bits per heavy atom. The molecule has 0 aliphatic carbocycles. The number of fused-ring (bicyclic) bond motifs is 1. The fourth-order valence-corrected chi connectivity index (χ4v) is 5.78. The largest absolute Gasteiger partial charge is 0.534 e. The Bertz CT molecular complexity index is 1540. The van der Waals surface area contributed by atoms with E-state index < -0.39 is 43.9 Å². The lowest BCUT2D eigenvalue weighted by molar-refractivity contribution is -0.141. The molecule has 3 rings (SSSR count). The van der Waals surface area contributed by atoms with E-state index in [0.717, 1.165) is 35.0 Å². The lowest BCUT2D eigenvalue weighted by Crippen LogP contribution is -2.36. The number of carbonyl (C=O) groups excluding carboxylic acids is 1. The number of ether oxygens (including phenoxy) is 1. The average molecular weight is 614 g/mol. The Hall–Kier alpha value is -2.74. The zero-order valence-electron chi connectivity index (χ0n) is 19.5. The molecular weight excluding hydrogens is 594 g/mol. The minimum atomic E-state index is -5.88. The number of carbonyl (C=O) groups is 1. The molecule has 0 bridgehead atoms. The van der Waals surface area contributed by atoms with Gasteiger partial charge >= 0.3 is 21.6 Å². The van der Waals surface area contributed by atoms with Crippen LogP contribution in [0.2, 0.25) is 10.0 Å². The summed E-state index contributed by atoms with van der Waals surface area (Å²) in [4.78, 5) is 12.2. The fraction of sp³-hybridized carbons (Fsp3) is 0.261. The van der Waals surface area contributed by atoms with E-state index in [1.165, 1.54) is 30.3 Å². The van der Waals surface area contributed by atoms with Crippen LogP contribution < -0.4 is 8.49 Å². The minimum absolute atomic E-state index is 0.0117. The van der Waals surface area contributed by atoms with E-state index >= 15 is 0 Å². The molecule has 206 valence electrons. The van der Waals surface area contributed by atoms with Gasteiger partial charge in [0.15, 0.2) is 0 Å². The van der Waals surface area contributed by atoms with Gasteiger partial charge in [0, 0.05) is 10.0 Å². The predicted octanol–water partition coefficient (Wildman–Crippen LogP) is 5.91. The number of unbranched alkanes of at least 4 members (excludes halogenated alkanes) is 1. The molecule has 0 aliphatic heterocycles. The number of hydrogen-bond donors (Lipinski definition) is 0. The van der Waals surface area contributed by atoms with Gasteiger partial charge in [0.2, 0.25) is 0 Å². The summed E-state index contributed by atoms with van der Waals surface area (Å²) in [5.41, 5.74) is -5.60. The van der Waals surface area contributed by atoms with Gasteiger partial charge in [-0.05, 0) is 59.7 Å². The molecule has 0 N–H and O–H groups in total. The maximum absolute atomic E-state index is 13.6. The van der Waals surface area contributed by atoms with Crippen molar-refractivity contribution in [1.29, 1.82) is 0 Å². The van der Waals surface area contributed by atoms with Crippen molar-refractivity contribution in [3.63, 3.8) is 0 Å². The van der Waals surface area contributed by atoms with Crippen molar-refractivity contribution in [2.75, 3.05) is 17.5 Å². The van der Waals surface area contributed by atoms with Crippen LogP contribution in [-0.4, -0.2) is 41.5 Å². The zero-order valence-corrected chi connectivity index (χ0v) is 22.7.